The fourth-order valence-electron chi connectivity index (χ4n) is 3.34. The number of carbonyl (C=O) groups is 3. The zero-order valence-corrected chi connectivity index (χ0v) is 16.1. The van der Waals surface area contributed by atoms with E-state index in [0.29, 0.717) is 38.3 Å². The van der Waals surface area contributed by atoms with Crippen LogP contribution in [-0.4, -0.2) is 65.2 Å². The number of nitrogens with one attached hydrogen (secondary N) is 3. The van der Waals surface area contributed by atoms with Gasteiger partial charge in [0.15, 0.2) is 0 Å². The number of nitrogens with zero attached hydrogens (tertiary/aromatic N) is 1. The van der Waals surface area contributed by atoms with E-state index in [1.165, 1.54) is 4.90 Å². The van der Waals surface area contributed by atoms with Crippen molar-refractivity contribution < 1.29 is 19.5 Å². The van der Waals surface area contributed by atoms with Crippen molar-refractivity contribution in [1.29, 1.82) is 0 Å². The number of hydrogen-bond donors (Lipinski definition) is 4. The lowest BCUT2D eigenvalue weighted by Crippen LogP contribution is -2.52. The average Bonchev–Trinajstić information content (AvgIpc) is 3.13. The molecule has 8 heteroatoms. The highest BCUT2D eigenvalue weighted by Crippen LogP contribution is 2.21. The summed E-state index contributed by atoms with van der Waals surface area (Å²) in [5, 5.41) is 18.5. The third kappa shape index (κ3) is 5.41. The predicted molar refractivity (Wildman–Crippen MR) is 97.3 cm³/mol. The Labute approximate surface area is 155 Å². The van der Waals surface area contributed by atoms with E-state index in [2.05, 4.69) is 16.0 Å². The molecule has 4 atom stereocenters. The standard InChI is InChI=1S/C18H32N4O4/c1-10(2)8-12(17(24)22-7-5-6-13(22)18(25)26)20-15-14(21-15)16(23)19-9-11(3)4/h10-15,20-21H,5-9H2,1-4H3,(H,19,23)(H,25,26)/t12-,13-,14+,15-/m0/s1. The molecule has 0 saturated carbocycles. The van der Waals surface area contributed by atoms with Crippen LogP contribution in [0.2, 0.25) is 0 Å². The Hall–Kier alpha value is -1.67. The number of amides is 2. The Morgan fingerprint density at radius 3 is 2.46 bits per heavy atom. The van der Waals surface area contributed by atoms with Crippen LogP contribution in [0.25, 0.3) is 0 Å². The molecule has 0 aromatic heterocycles. The first-order chi connectivity index (χ1) is 12.2. The highest BCUT2D eigenvalue weighted by atomic mass is 16.4. The van der Waals surface area contributed by atoms with Crippen molar-refractivity contribution in [3.63, 3.8) is 0 Å². The molecule has 148 valence electrons. The van der Waals surface area contributed by atoms with Crippen molar-refractivity contribution in [3.8, 4) is 0 Å². The van der Waals surface area contributed by atoms with Gasteiger partial charge in [0.2, 0.25) is 11.8 Å². The summed E-state index contributed by atoms with van der Waals surface area (Å²) in [4.78, 5) is 37.9. The number of carbonyl (C=O) groups excluding carboxylic acids is 2. The quantitative estimate of drug-likeness (QED) is 0.430. The molecule has 4 N–H and O–H groups in total. The molecule has 0 bridgehead atoms. The highest BCUT2D eigenvalue weighted by molar-refractivity contribution is 5.88. The Kier molecular flexibility index (Phi) is 7.00. The maximum atomic E-state index is 12.9. The zero-order valence-electron chi connectivity index (χ0n) is 16.1. The van der Waals surface area contributed by atoms with Gasteiger partial charge in [-0.15, -0.1) is 0 Å². The molecule has 0 spiro atoms. The van der Waals surface area contributed by atoms with Gasteiger partial charge in [-0.2, -0.15) is 0 Å². The largest absolute Gasteiger partial charge is 0.480 e. The monoisotopic (exact) mass is 368 g/mol. The van der Waals surface area contributed by atoms with E-state index in [1.807, 2.05) is 27.7 Å². The van der Waals surface area contributed by atoms with Crippen LogP contribution < -0.4 is 16.0 Å². The molecule has 0 unspecified atom stereocenters. The van der Waals surface area contributed by atoms with E-state index in [0.717, 1.165) is 0 Å². The number of aliphatic carboxylic acids is 1. The summed E-state index contributed by atoms with van der Waals surface area (Å²) < 4.78 is 0. The molecule has 2 aliphatic rings. The van der Waals surface area contributed by atoms with Gasteiger partial charge in [0.05, 0.1) is 12.2 Å². The van der Waals surface area contributed by atoms with Crippen LogP contribution in [0.1, 0.15) is 47.0 Å². The number of likely N-dealkylation sites (tertiary alicyclic amines) is 1. The summed E-state index contributed by atoms with van der Waals surface area (Å²) in [5.41, 5.74) is 0. The predicted octanol–water partition coefficient (Wildman–Crippen LogP) is 0.136. The van der Waals surface area contributed by atoms with Gasteiger partial charge in [-0.05, 0) is 31.1 Å². The second-order valence-electron chi connectivity index (χ2n) is 8.14. The lowest BCUT2D eigenvalue weighted by molar-refractivity contribution is -0.149. The van der Waals surface area contributed by atoms with Crippen LogP contribution >= 0.6 is 0 Å². The normalized spacial score (nSPS) is 26.2. The molecular weight excluding hydrogens is 336 g/mol. The minimum Gasteiger partial charge on any atom is -0.480 e. The van der Waals surface area contributed by atoms with Crippen molar-refractivity contribution in [1.82, 2.24) is 20.9 Å². The summed E-state index contributed by atoms with van der Waals surface area (Å²) in [6.45, 7) is 9.20. The molecule has 2 aliphatic heterocycles. The molecule has 2 fully saturated rings. The molecule has 2 amide bonds. The molecule has 0 radical (unpaired) electrons. The zero-order chi connectivity index (χ0) is 19.4. The van der Waals surface area contributed by atoms with E-state index in [9.17, 15) is 19.5 Å². The van der Waals surface area contributed by atoms with E-state index < -0.39 is 18.1 Å². The Bertz CT molecular complexity index is 537. The van der Waals surface area contributed by atoms with Crippen LogP contribution in [0.4, 0.5) is 0 Å². The molecule has 8 nitrogen and oxygen atoms in total. The van der Waals surface area contributed by atoms with Gasteiger partial charge in [-0.3, -0.25) is 20.2 Å². The molecule has 0 aliphatic carbocycles. The van der Waals surface area contributed by atoms with Crippen LogP contribution in [0.5, 0.6) is 0 Å². The summed E-state index contributed by atoms with van der Waals surface area (Å²) in [6, 6.07) is -1.57. The van der Waals surface area contributed by atoms with Crippen LogP contribution in [-0.2, 0) is 14.4 Å². The van der Waals surface area contributed by atoms with Crippen LogP contribution in [0.15, 0.2) is 0 Å². The van der Waals surface area contributed by atoms with Crippen molar-refractivity contribution in [3.05, 3.63) is 0 Å². The summed E-state index contributed by atoms with van der Waals surface area (Å²) >= 11 is 0. The SMILES string of the molecule is CC(C)CNC(=O)[C@@H]1N[C@@H]1N[C@@H](CC(C)C)C(=O)N1CCC[C@H]1C(=O)O. The van der Waals surface area contributed by atoms with Crippen molar-refractivity contribution >= 4 is 17.8 Å². The van der Waals surface area contributed by atoms with E-state index in [4.69, 9.17) is 0 Å². The minimum absolute atomic E-state index is 0.0727. The smallest absolute Gasteiger partial charge is 0.326 e. The van der Waals surface area contributed by atoms with Crippen LogP contribution in [0.3, 0.4) is 0 Å². The summed E-state index contributed by atoms with van der Waals surface area (Å²) in [7, 11) is 0. The van der Waals surface area contributed by atoms with Crippen LogP contribution in [0, 0.1) is 11.8 Å². The maximum absolute atomic E-state index is 12.9. The van der Waals surface area contributed by atoms with Gasteiger partial charge in [0.1, 0.15) is 12.1 Å². The van der Waals surface area contributed by atoms with Crippen molar-refractivity contribution in [2.75, 3.05) is 13.1 Å². The van der Waals surface area contributed by atoms with Crippen molar-refractivity contribution in [2.45, 2.75) is 71.2 Å². The summed E-state index contributed by atoms with van der Waals surface area (Å²) in [5.74, 6) is -0.554. The molecular formula is C18H32N4O4. The topological polar surface area (TPSA) is 121 Å². The number of hydrogen-bond acceptors (Lipinski definition) is 5. The maximum Gasteiger partial charge on any atom is 0.326 e. The van der Waals surface area contributed by atoms with Gasteiger partial charge >= 0.3 is 5.97 Å². The Balaban J connectivity index is 1.95. The van der Waals surface area contributed by atoms with Gasteiger partial charge in [0, 0.05) is 13.1 Å². The molecule has 0 aromatic carbocycles. The average molecular weight is 368 g/mol. The summed E-state index contributed by atoms with van der Waals surface area (Å²) in [6.07, 6.45) is 1.55. The van der Waals surface area contributed by atoms with Crippen molar-refractivity contribution in [2.24, 2.45) is 11.8 Å². The molecule has 0 aromatic rings. The third-order valence-electron chi connectivity index (χ3n) is 4.76. The first-order valence-electron chi connectivity index (χ1n) is 9.53. The van der Waals surface area contributed by atoms with E-state index >= 15 is 0 Å². The molecule has 2 rings (SSSR count). The highest BCUT2D eigenvalue weighted by Gasteiger charge is 2.45. The first kappa shape index (κ1) is 20.6. The molecule has 2 heterocycles. The van der Waals surface area contributed by atoms with E-state index in [-0.39, 0.29) is 29.9 Å². The second kappa shape index (κ2) is 8.81. The van der Waals surface area contributed by atoms with E-state index in [1.54, 1.807) is 0 Å². The fourth-order valence-corrected chi connectivity index (χ4v) is 3.34. The first-order valence-corrected chi connectivity index (χ1v) is 9.53. The number of rotatable bonds is 9. The minimum atomic E-state index is -0.949. The number of carboxylic acids is 1. The van der Waals surface area contributed by atoms with Gasteiger partial charge in [-0.25, -0.2) is 4.79 Å². The molecule has 2 saturated heterocycles. The lowest BCUT2D eigenvalue weighted by atomic mass is 10.0. The molecule has 26 heavy (non-hydrogen) atoms. The second-order valence-corrected chi connectivity index (χ2v) is 8.14. The Morgan fingerprint density at radius 1 is 1.19 bits per heavy atom. The van der Waals surface area contributed by atoms with Gasteiger partial charge in [-0.1, -0.05) is 27.7 Å². The number of carboxylic acid groups (broad SMARTS) is 1. The fraction of sp³-hybridized carbons (Fsp3) is 0.833. The lowest BCUT2D eigenvalue weighted by Gasteiger charge is -2.28. The van der Waals surface area contributed by atoms with Gasteiger partial charge in [0.25, 0.3) is 0 Å². The van der Waals surface area contributed by atoms with Gasteiger partial charge < -0.3 is 15.3 Å². The third-order valence-corrected chi connectivity index (χ3v) is 4.76. The Morgan fingerprint density at radius 2 is 1.88 bits per heavy atom.